The van der Waals surface area contributed by atoms with E-state index in [2.05, 4.69) is 16.2 Å². The Labute approximate surface area is 143 Å². The molecule has 25 heavy (non-hydrogen) atoms. The molecule has 134 valence electrons. The molecule has 10 heteroatoms. The van der Waals surface area contributed by atoms with E-state index in [0.717, 1.165) is 4.90 Å². The molecule has 1 aromatic rings. The second-order valence-corrected chi connectivity index (χ2v) is 5.82. The predicted molar refractivity (Wildman–Crippen MR) is 87.2 cm³/mol. The van der Waals surface area contributed by atoms with Crippen LogP contribution in [0.15, 0.2) is 24.3 Å². The number of nitrogens with zero attached hydrogens (tertiary/aromatic N) is 2. The molecule has 0 radical (unpaired) electrons. The maximum absolute atomic E-state index is 12.1. The van der Waals surface area contributed by atoms with E-state index in [-0.39, 0.29) is 29.6 Å². The molecule has 1 unspecified atom stereocenters. The van der Waals surface area contributed by atoms with Crippen molar-refractivity contribution in [1.82, 2.24) is 21.1 Å². The van der Waals surface area contributed by atoms with Gasteiger partial charge in [0.15, 0.2) is 0 Å². The van der Waals surface area contributed by atoms with Gasteiger partial charge in [-0.3, -0.25) is 25.1 Å². The Morgan fingerprint density at radius 1 is 1.28 bits per heavy atom. The lowest BCUT2D eigenvalue weighted by Gasteiger charge is -2.25. The van der Waals surface area contributed by atoms with Crippen molar-refractivity contribution in [2.24, 2.45) is 0 Å². The number of benzene rings is 1. The zero-order chi connectivity index (χ0) is 18.6. The third-order valence-corrected chi connectivity index (χ3v) is 3.54. The van der Waals surface area contributed by atoms with Crippen LogP contribution in [0.25, 0.3) is 0 Å². The van der Waals surface area contributed by atoms with Crippen LogP contribution in [0, 0.1) is 10.1 Å². The zero-order valence-electron chi connectivity index (χ0n) is 13.8. The maximum atomic E-state index is 12.1. The number of carbonyl (C=O) groups excluding carboxylic acids is 3. The fourth-order valence-electron chi connectivity index (χ4n) is 2.35. The number of imide groups is 1. The van der Waals surface area contributed by atoms with Crippen molar-refractivity contribution < 1.29 is 19.3 Å². The monoisotopic (exact) mass is 349 g/mol. The van der Waals surface area contributed by atoms with Crippen molar-refractivity contribution in [3.8, 4) is 0 Å². The molecule has 1 aliphatic rings. The minimum atomic E-state index is -0.659. The van der Waals surface area contributed by atoms with Crippen molar-refractivity contribution in [3.05, 3.63) is 39.9 Å². The van der Waals surface area contributed by atoms with Crippen LogP contribution < -0.4 is 16.2 Å². The van der Waals surface area contributed by atoms with Gasteiger partial charge in [-0.05, 0) is 32.4 Å². The summed E-state index contributed by atoms with van der Waals surface area (Å²) in [6.07, 6.45) is -0.102. The van der Waals surface area contributed by atoms with Gasteiger partial charge in [0.1, 0.15) is 6.17 Å². The fraction of sp³-hybridized carbons (Fsp3) is 0.400. The first-order valence-electron chi connectivity index (χ1n) is 7.72. The van der Waals surface area contributed by atoms with E-state index in [1.165, 1.54) is 24.3 Å². The Bertz CT molecular complexity index is 688. The maximum Gasteiger partial charge on any atom is 0.325 e. The summed E-state index contributed by atoms with van der Waals surface area (Å²) >= 11 is 0. The molecule has 1 aliphatic heterocycles. The number of hydrogen-bond acceptors (Lipinski definition) is 6. The lowest BCUT2D eigenvalue weighted by molar-refractivity contribution is -0.384. The van der Waals surface area contributed by atoms with Gasteiger partial charge in [0.05, 0.1) is 4.92 Å². The molecule has 4 amide bonds. The molecular formula is C15H19N5O5. The molecule has 3 N–H and O–H groups in total. The molecule has 0 spiro atoms. The Hall–Kier alpha value is -3.01. The minimum Gasteiger partial charge on any atom is -0.335 e. The number of urea groups is 1. The van der Waals surface area contributed by atoms with Gasteiger partial charge < -0.3 is 5.32 Å². The number of hydrazine groups is 1. The summed E-state index contributed by atoms with van der Waals surface area (Å²) in [7, 11) is 0. The van der Waals surface area contributed by atoms with E-state index in [1.54, 1.807) is 13.8 Å². The van der Waals surface area contributed by atoms with Crippen LogP contribution in [0.2, 0.25) is 0 Å². The van der Waals surface area contributed by atoms with Gasteiger partial charge in [-0.25, -0.2) is 15.1 Å². The Morgan fingerprint density at radius 3 is 2.48 bits per heavy atom. The molecule has 10 nitrogen and oxygen atoms in total. The Morgan fingerprint density at radius 2 is 1.92 bits per heavy atom. The summed E-state index contributed by atoms with van der Waals surface area (Å²) in [6.45, 7) is 3.55. The lowest BCUT2D eigenvalue weighted by atomic mass is 10.2. The molecule has 1 heterocycles. The first-order chi connectivity index (χ1) is 11.8. The van der Waals surface area contributed by atoms with Crippen molar-refractivity contribution in [2.45, 2.75) is 38.9 Å². The normalized spacial score (nSPS) is 16.8. The highest BCUT2D eigenvalue weighted by molar-refractivity contribution is 5.97. The summed E-state index contributed by atoms with van der Waals surface area (Å²) in [6, 6.07) is 4.42. The van der Waals surface area contributed by atoms with Crippen LogP contribution in [0.4, 0.5) is 10.5 Å². The fourth-order valence-corrected chi connectivity index (χ4v) is 2.35. The topological polar surface area (TPSA) is 134 Å². The third-order valence-electron chi connectivity index (χ3n) is 3.54. The van der Waals surface area contributed by atoms with Crippen molar-refractivity contribution >= 4 is 23.5 Å². The molecule has 0 bridgehead atoms. The van der Waals surface area contributed by atoms with Crippen LogP contribution in [0.5, 0.6) is 0 Å². The highest BCUT2D eigenvalue weighted by atomic mass is 16.6. The standard InChI is InChI=1S/C15H19N5O5/c1-9(2)16-15(23)19-12(7-8-13(19)21)17-18-14(22)10-3-5-11(6-4-10)20(24)25/h3-6,9,12,17H,7-8H2,1-2H3,(H,16,23)(H,18,22). The molecule has 0 aromatic heterocycles. The summed E-state index contributed by atoms with van der Waals surface area (Å²) in [5.74, 6) is -0.862. The van der Waals surface area contributed by atoms with Crippen molar-refractivity contribution in [3.63, 3.8) is 0 Å². The van der Waals surface area contributed by atoms with Crippen LogP contribution in [0.3, 0.4) is 0 Å². The molecular weight excluding hydrogens is 330 g/mol. The number of non-ortho nitro benzene ring substituents is 1. The van der Waals surface area contributed by atoms with Crippen molar-refractivity contribution in [1.29, 1.82) is 0 Å². The van der Waals surface area contributed by atoms with Crippen LogP contribution >= 0.6 is 0 Å². The number of nitro groups is 1. The molecule has 2 rings (SSSR count). The predicted octanol–water partition coefficient (Wildman–Crippen LogP) is 0.896. The van der Waals surface area contributed by atoms with E-state index >= 15 is 0 Å². The van der Waals surface area contributed by atoms with Crippen LogP contribution in [-0.4, -0.2) is 39.9 Å². The molecule has 1 atom stereocenters. The lowest BCUT2D eigenvalue weighted by Crippen LogP contribution is -2.56. The summed E-state index contributed by atoms with van der Waals surface area (Å²) in [5, 5.41) is 13.2. The van der Waals surface area contributed by atoms with E-state index in [1.807, 2.05) is 0 Å². The molecule has 1 fully saturated rings. The Kier molecular flexibility index (Phi) is 5.65. The van der Waals surface area contributed by atoms with E-state index < -0.39 is 23.0 Å². The van der Waals surface area contributed by atoms with Gasteiger partial charge in [0.25, 0.3) is 11.6 Å². The molecule has 1 saturated heterocycles. The first kappa shape index (κ1) is 18.3. The van der Waals surface area contributed by atoms with Gasteiger partial charge in [-0.15, -0.1) is 0 Å². The van der Waals surface area contributed by atoms with Gasteiger partial charge in [0.2, 0.25) is 5.91 Å². The number of likely N-dealkylation sites (tertiary alicyclic amines) is 1. The smallest absolute Gasteiger partial charge is 0.325 e. The SMILES string of the molecule is CC(C)NC(=O)N1C(=O)CCC1NNC(=O)c1ccc([N+](=O)[O-])cc1. The Balaban J connectivity index is 1.96. The second-order valence-electron chi connectivity index (χ2n) is 5.82. The largest absolute Gasteiger partial charge is 0.335 e. The zero-order valence-corrected chi connectivity index (χ0v) is 13.8. The molecule has 0 saturated carbocycles. The summed E-state index contributed by atoms with van der Waals surface area (Å²) < 4.78 is 0. The first-order valence-corrected chi connectivity index (χ1v) is 7.72. The number of hydrogen-bond donors (Lipinski definition) is 3. The average Bonchev–Trinajstić information content (AvgIpc) is 2.92. The van der Waals surface area contributed by atoms with E-state index in [9.17, 15) is 24.5 Å². The average molecular weight is 349 g/mol. The highest BCUT2D eigenvalue weighted by Crippen LogP contribution is 2.16. The number of rotatable bonds is 5. The van der Waals surface area contributed by atoms with Gasteiger partial charge >= 0.3 is 6.03 Å². The summed E-state index contributed by atoms with van der Waals surface area (Å²) in [5.41, 5.74) is 5.16. The van der Waals surface area contributed by atoms with Crippen LogP contribution in [-0.2, 0) is 4.79 Å². The minimum absolute atomic E-state index is 0.123. The van der Waals surface area contributed by atoms with E-state index in [0.29, 0.717) is 6.42 Å². The highest BCUT2D eigenvalue weighted by Gasteiger charge is 2.36. The summed E-state index contributed by atoms with van der Waals surface area (Å²) in [4.78, 5) is 47.1. The van der Waals surface area contributed by atoms with Gasteiger partial charge in [0, 0.05) is 30.2 Å². The number of carbonyl (C=O) groups is 3. The second kappa shape index (κ2) is 7.71. The molecule has 1 aromatic carbocycles. The van der Waals surface area contributed by atoms with Gasteiger partial charge in [-0.2, -0.15) is 0 Å². The number of amides is 4. The van der Waals surface area contributed by atoms with Crippen molar-refractivity contribution in [2.75, 3.05) is 0 Å². The van der Waals surface area contributed by atoms with Crippen LogP contribution in [0.1, 0.15) is 37.0 Å². The third kappa shape index (κ3) is 4.51. The number of nitro benzene ring substituents is 1. The van der Waals surface area contributed by atoms with E-state index in [4.69, 9.17) is 0 Å². The molecule has 0 aliphatic carbocycles. The number of nitrogens with one attached hydrogen (secondary N) is 3. The quantitative estimate of drug-likeness (QED) is 0.534. The van der Waals surface area contributed by atoms with Gasteiger partial charge in [-0.1, -0.05) is 0 Å².